The second kappa shape index (κ2) is 8.86. The maximum Gasteiger partial charge on any atom is 0.256 e. The van der Waals surface area contributed by atoms with Crippen LogP contribution in [-0.4, -0.2) is 53.2 Å². The SMILES string of the molecule is CC(C)N1CC(C(=O)Nc2ccc(Br)cc2C(=O)N2C[C@H](C)C[C@H](C)C2)CC1=O. The Morgan fingerprint density at radius 2 is 1.79 bits per heavy atom. The Bertz CT molecular complexity index is 800. The summed E-state index contributed by atoms with van der Waals surface area (Å²) >= 11 is 3.44. The molecule has 0 spiro atoms. The first-order valence-corrected chi connectivity index (χ1v) is 11.1. The summed E-state index contributed by atoms with van der Waals surface area (Å²) in [5.41, 5.74) is 0.989. The largest absolute Gasteiger partial charge is 0.339 e. The second-order valence-electron chi connectivity index (χ2n) is 8.88. The fourth-order valence-electron chi connectivity index (χ4n) is 4.44. The van der Waals surface area contributed by atoms with Crippen LogP contribution in [0.25, 0.3) is 0 Å². The van der Waals surface area contributed by atoms with Gasteiger partial charge in [0.25, 0.3) is 5.91 Å². The summed E-state index contributed by atoms with van der Waals surface area (Å²) in [6.45, 7) is 10.1. The van der Waals surface area contributed by atoms with Gasteiger partial charge < -0.3 is 15.1 Å². The van der Waals surface area contributed by atoms with E-state index in [9.17, 15) is 14.4 Å². The summed E-state index contributed by atoms with van der Waals surface area (Å²) < 4.78 is 0.791. The number of piperidine rings is 1. The number of carbonyl (C=O) groups is 3. The van der Waals surface area contributed by atoms with Gasteiger partial charge >= 0.3 is 0 Å². The molecule has 1 N–H and O–H groups in total. The molecule has 0 radical (unpaired) electrons. The highest BCUT2D eigenvalue weighted by atomic mass is 79.9. The summed E-state index contributed by atoms with van der Waals surface area (Å²) in [5, 5.41) is 2.92. The molecule has 0 saturated carbocycles. The Hall–Kier alpha value is -1.89. The van der Waals surface area contributed by atoms with E-state index >= 15 is 0 Å². The predicted octanol–water partition coefficient (Wildman–Crippen LogP) is 3.76. The highest BCUT2D eigenvalue weighted by Crippen LogP contribution is 2.28. The molecule has 29 heavy (non-hydrogen) atoms. The van der Waals surface area contributed by atoms with Gasteiger partial charge in [0.15, 0.2) is 0 Å². The molecule has 2 aliphatic rings. The fraction of sp³-hybridized carbons (Fsp3) is 0.591. The zero-order valence-corrected chi connectivity index (χ0v) is 19.2. The van der Waals surface area contributed by atoms with Crippen molar-refractivity contribution >= 4 is 39.3 Å². The van der Waals surface area contributed by atoms with Gasteiger partial charge in [-0.15, -0.1) is 0 Å². The predicted molar refractivity (Wildman–Crippen MR) is 117 cm³/mol. The molecule has 2 saturated heterocycles. The number of halogens is 1. The minimum absolute atomic E-state index is 0.00329. The second-order valence-corrected chi connectivity index (χ2v) is 9.79. The molecule has 2 fully saturated rings. The van der Waals surface area contributed by atoms with E-state index in [1.54, 1.807) is 17.0 Å². The summed E-state index contributed by atoms with van der Waals surface area (Å²) in [4.78, 5) is 41.9. The van der Waals surface area contributed by atoms with Gasteiger partial charge in [0.1, 0.15) is 0 Å². The van der Waals surface area contributed by atoms with Crippen LogP contribution in [0.1, 0.15) is 50.9 Å². The average molecular weight is 464 g/mol. The van der Waals surface area contributed by atoms with Crippen molar-refractivity contribution in [1.29, 1.82) is 0 Å². The minimum atomic E-state index is -0.397. The zero-order chi connectivity index (χ0) is 21.3. The molecule has 0 aromatic heterocycles. The minimum Gasteiger partial charge on any atom is -0.339 e. The number of amides is 3. The van der Waals surface area contributed by atoms with Crippen molar-refractivity contribution in [2.75, 3.05) is 25.0 Å². The van der Waals surface area contributed by atoms with Crippen LogP contribution < -0.4 is 5.32 Å². The van der Waals surface area contributed by atoms with Crippen molar-refractivity contribution in [3.63, 3.8) is 0 Å². The lowest BCUT2D eigenvalue weighted by atomic mass is 9.91. The van der Waals surface area contributed by atoms with E-state index in [1.165, 1.54) is 0 Å². The van der Waals surface area contributed by atoms with E-state index in [0.29, 0.717) is 29.6 Å². The van der Waals surface area contributed by atoms with Gasteiger partial charge in [-0.2, -0.15) is 0 Å². The molecule has 158 valence electrons. The maximum absolute atomic E-state index is 13.3. The lowest BCUT2D eigenvalue weighted by molar-refractivity contribution is -0.129. The molecule has 1 aromatic carbocycles. The quantitative estimate of drug-likeness (QED) is 0.738. The van der Waals surface area contributed by atoms with Crippen molar-refractivity contribution in [3.05, 3.63) is 28.2 Å². The third-order valence-electron chi connectivity index (χ3n) is 5.78. The van der Waals surface area contributed by atoms with Crippen LogP contribution in [0.4, 0.5) is 5.69 Å². The van der Waals surface area contributed by atoms with Gasteiger partial charge in [-0.25, -0.2) is 0 Å². The van der Waals surface area contributed by atoms with Gasteiger partial charge in [0.2, 0.25) is 11.8 Å². The maximum atomic E-state index is 13.3. The third-order valence-corrected chi connectivity index (χ3v) is 6.27. The van der Waals surface area contributed by atoms with Gasteiger partial charge in [0, 0.05) is 36.6 Å². The summed E-state index contributed by atoms with van der Waals surface area (Å²) in [6, 6.07) is 5.41. The van der Waals surface area contributed by atoms with Crippen LogP contribution in [0.15, 0.2) is 22.7 Å². The van der Waals surface area contributed by atoms with Crippen LogP contribution >= 0.6 is 15.9 Å². The molecular weight excluding hydrogens is 434 g/mol. The number of hydrogen-bond donors (Lipinski definition) is 1. The molecule has 6 nitrogen and oxygen atoms in total. The molecule has 2 heterocycles. The van der Waals surface area contributed by atoms with E-state index in [1.807, 2.05) is 24.8 Å². The molecule has 3 atom stereocenters. The lowest BCUT2D eigenvalue weighted by Crippen LogP contribution is -2.43. The first-order chi connectivity index (χ1) is 13.7. The molecule has 0 bridgehead atoms. The van der Waals surface area contributed by atoms with E-state index in [-0.39, 0.29) is 30.2 Å². The lowest BCUT2D eigenvalue weighted by Gasteiger charge is -2.35. The number of hydrogen-bond acceptors (Lipinski definition) is 3. The molecular formula is C22H30BrN3O3. The van der Waals surface area contributed by atoms with Crippen LogP contribution in [0.2, 0.25) is 0 Å². The van der Waals surface area contributed by atoms with Gasteiger partial charge in [-0.3, -0.25) is 14.4 Å². The number of carbonyl (C=O) groups excluding carboxylic acids is 3. The smallest absolute Gasteiger partial charge is 0.256 e. The van der Waals surface area contributed by atoms with Crippen molar-refractivity contribution in [2.45, 2.75) is 46.6 Å². The normalized spacial score (nSPS) is 24.9. The monoisotopic (exact) mass is 463 g/mol. The van der Waals surface area contributed by atoms with E-state index in [0.717, 1.165) is 24.0 Å². The standard InChI is InChI=1S/C22H30BrN3O3/c1-13(2)26-12-16(8-20(26)27)21(28)24-19-6-5-17(23)9-18(19)22(29)25-10-14(3)7-15(4)11-25/h5-6,9,13-16H,7-8,10-12H2,1-4H3,(H,24,28)/t14-,15+,16?. The number of nitrogens with one attached hydrogen (secondary N) is 1. The Morgan fingerprint density at radius 3 is 2.38 bits per heavy atom. The van der Waals surface area contributed by atoms with Crippen molar-refractivity contribution < 1.29 is 14.4 Å². The summed E-state index contributed by atoms with van der Waals surface area (Å²) in [7, 11) is 0. The van der Waals surface area contributed by atoms with E-state index in [2.05, 4.69) is 35.1 Å². The zero-order valence-electron chi connectivity index (χ0n) is 17.6. The molecule has 3 amide bonds. The van der Waals surface area contributed by atoms with E-state index < -0.39 is 5.92 Å². The van der Waals surface area contributed by atoms with Gasteiger partial charge in [-0.05, 0) is 50.3 Å². The fourth-order valence-corrected chi connectivity index (χ4v) is 4.80. The van der Waals surface area contributed by atoms with Gasteiger partial charge in [0.05, 0.1) is 17.2 Å². The van der Waals surface area contributed by atoms with Crippen LogP contribution in [0, 0.1) is 17.8 Å². The Morgan fingerprint density at radius 1 is 1.14 bits per heavy atom. The first kappa shape index (κ1) is 21.8. The molecule has 1 unspecified atom stereocenters. The number of likely N-dealkylation sites (tertiary alicyclic amines) is 2. The Kier molecular flexibility index (Phi) is 6.66. The number of anilines is 1. The van der Waals surface area contributed by atoms with Crippen molar-refractivity contribution in [2.24, 2.45) is 17.8 Å². The highest BCUT2D eigenvalue weighted by molar-refractivity contribution is 9.10. The van der Waals surface area contributed by atoms with E-state index in [4.69, 9.17) is 0 Å². The Balaban J connectivity index is 1.78. The summed E-state index contributed by atoms with van der Waals surface area (Å²) in [5.74, 6) is 0.249. The number of benzene rings is 1. The first-order valence-electron chi connectivity index (χ1n) is 10.3. The molecule has 7 heteroatoms. The number of rotatable bonds is 4. The molecule has 2 aliphatic heterocycles. The highest BCUT2D eigenvalue weighted by Gasteiger charge is 2.36. The van der Waals surface area contributed by atoms with Gasteiger partial charge in [-0.1, -0.05) is 29.8 Å². The third kappa shape index (κ3) is 5.00. The van der Waals surface area contributed by atoms with Crippen LogP contribution in [-0.2, 0) is 9.59 Å². The van der Waals surface area contributed by atoms with Crippen LogP contribution in [0.5, 0.6) is 0 Å². The van der Waals surface area contributed by atoms with Crippen molar-refractivity contribution in [1.82, 2.24) is 9.80 Å². The molecule has 0 aliphatic carbocycles. The van der Waals surface area contributed by atoms with Crippen LogP contribution in [0.3, 0.4) is 0 Å². The summed E-state index contributed by atoms with van der Waals surface area (Å²) in [6.07, 6.45) is 1.33. The molecule has 3 rings (SSSR count). The number of nitrogens with zero attached hydrogens (tertiary/aromatic N) is 2. The van der Waals surface area contributed by atoms with Crippen molar-refractivity contribution in [3.8, 4) is 0 Å². The topological polar surface area (TPSA) is 69.7 Å². The Labute approximate surface area is 181 Å². The average Bonchev–Trinajstić information content (AvgIpc) is 3.04. The molecule has 1 aromatic rings.